The van der Waals surface area contributed by atoms with Gasteiger partial charge < -0.3 is 5.32 Å². The van der Waals surface area contributed by atoms with Crippen LogP contribution in [0, 0.1) is 15.9 Å². The van der Waals surface area contributed by atoms with Gasteiger partial charge in [-0.25, -0.2) is 0 Å². The maximum atomic E-state index is 13.4. The average molecular weight is 264 g/mol. The Morgan fingerprint density at radius 3 is 2.95 bits per heavy atom. The summed E-state index contributed by atoms with van der Waals surface area (Å²) in [5.74, 6) is -0.837. The molecule has 100 valence electrons. The summed E-state index contributed by atoms with van der Waals surface area (Å²) in [6, 6.07) is 4.00. The number of nitrogens with zero attached hydrogens (tertiary/aromatic N) is 3. The summed E-state index contributed by atoms with van der Waals surface area (Å²) in [6.07, 6.45) is 4.24. The molecule has 2 aromatic rings. The lowest BCUT2D eigenvalue weighted by atomic mass is 10.2. The van der Waals surface area contributed by atoms with Gasteiger partial charge in [0.05, 0.1) is 11.1 Å². The molecule has 2 rings (SSSR count). The first-order chi connectivity index (χ1) is 9.08. The molecular formula is C12H13FN4O2. The highest BCUT2D eigenvalue weighted by Crippen LogP contribution is 2.26. The lowest BCUT2D eigenvalue weighted by Gasteiger charge is -2.06. The van der Waals surface area contributed by atoms with Gasteiger partial charge in [-0.3, -0.25) is 14.8 Å². The number of hydrogen-bond acceptors (Lipinski definition) is 4. The Hall–Kier alpha value is -2.44. The van der Waals surface area contributed by atoms with Gasteiger partial charge in [0, 0.05) is 19.8 Å². The highest BCUT2D eigenvalue weighted by atomic mass is 19.1. The van der Waals surface area contributed by atoms with Crippen molar-refractivity contribution in [2.24, 2.45) is 7.05 Å². The second-order valence-corrected chi connectivity index (χ2v) is 4.09. The molecule has 6 nitrogen and oxygen atoms in total. The summed E-state index contributed by atoms with van der Waals surface area (Å²) >= 11 is 0. The van der Waals surface area contributed by atoms with Gasteiger partial charge in [-0.1, -0.05) is 6.07 Å². The summed E-state index contributed by atoms with van der Waals surface area (Å²) in [5.41, 5.74) is 0.677. The van der Waals surface area contributed by atoms with Gasteiger partial charge >= 0.3 is 5.69 Å². The normalized spacial score (nSPS) is 10.4. The fourth-order valence-electron chi connectivity index (χ4n) is 1.79. The predicted octanol–water partition coefficient (Wildman–Crippen LogP) is 2.12. The van der Waals surface area contributed by atoms with E-state index in [1.165, 1.54) is 12.1 Å². The van der Waals surface area contributed by atoms with Crippen LogP contribution in [0.4, 0.5) is 15.8 Å². The van der Waals surface area contributed by atoms with Crippen molar-refractivity contribution in [3.8, 4) is 0 Å². The van der Waals surface area contributed by atoms with Gasteiger partial charge in [0.2, 0.25) is 5.82 Å². The summed E-state index contributed by atoms with van der Waals surface area (Å²) in [7, 11) is 1.81. The third-order valence-corrected chi connectivity index (χ3v) is 2.66. The van der Waals surface area contributed by atoms with Gasteiger partial charge in [-0.2, -0.15) is 9.49 Å². The molecular weight excluding hydrogens is 251 g/mol. The first-order valence-corrected chi connectivity index (χ1v) is 5.72. The van der Waals surface area contributed by atoms with Gasteiger partial charge in [0.15, 0.2) is 0 Å². The lowest BCUT2D eigenvalue weighted by Crippen LogP contribution is -2.07. The van der Waals surface area contributed by atoms with Crippen molar-refractivity contribution in [1.82, 2.24) is 9.78 Å². The van der Waals surface area contributed by atoms with E-state index in [1.54, 1.807) is 10.9 Å². The molecule has 1 heterocycles. The Kier molecular flexibility index (Phi) is 3.74. The highest BCUT2D eigenvalue weighted by Gasteiger charge is 2.19. The maximum Gasteiger partial charge on any atom is 0.327 e. The van der Waals surface area contributed by atoms with E-state index in [-0.39, 0.29) is 5.69 Å². The number of aromatic nitrogens is 2. The predicted molar refractivity (Wildman–Crippen MR) is 68.5 cm³/mol. The second kappa shape index (κ2) is 5.47. The number of nitrogens with one attached hydrogen (secondary N) is 1. The van der Waals surface area contributed by atoms with E-state index in [0.717, 1.165) is 11.6 Å². The Balaban J connectivity index is 2.03. The Morgan fingerprint density at radius 1 is 1.53 bits per heavy atom. The van der Waals surface area contributed by atoms with Crippen LogP contribution >= 0.6 is 0 Å². The molecule has 1 N–H and O–H groups in total. The fraction of sp³-hybridized carbons (Fsp3) is 0.250. The highest BCUT2D eigenvalue weighted by molar-refractivity contribution is 5.61. The molecule has 19 heavy (non-hydrogen) atoms. The van der Waals surface area contributed by atoms with Gasteiger partial charge in [0.25, 0.3) is 0 Å². The minimum atomic E-state index is -0.837. The Morgan fingerprint density at radius 2 is 2.32 bits per heavy atom. The molecule has 1 aromatic carbocycles. The Bertz CT molecular complexity index is 597. The van der Waals surface area contributed by atoms with Crippen LogP contribution in [0.3, 0.4) is 0 Å². The zero-order valence-electron chi connectivity index (χ0n) is 10.3. The SMILES string of the molecule is Cn1cc(CCNc2cccc(F)c2[N+](=O)[O-])cn1. The molecule has 0 aliphatic heterocycles. The molecule has 0 saturated carbocycles. The molecule has 0 aliphatic carbocycles. The van der Waals surface area contributed by atoms with Crippen molar-refractivity contribution >= 4 is 11.4 Å². The molecule has 0 spiro atoms. The van der Waals surface area contributed by atoms with Crippen molar-refractivity contribution in [1.29, 1.82) is 0 Å². The zero-order chi connectivity index (χ0) is 13.8. The van der Waals surface area contributed by atoms with Crippen LogP contribution in [-0.4, -0.2) is 21.2 Å². The number of hydrogen-bond donors (Lipinski definition) is 1. The van der Waals surface area contributed by atoms with Crippen LogP contribution in [-0.2, 0) is 13.5 Å². The molecule has 0 radical (unpaired) electrons. The molecule has 1 aromatic heterocycles. The van der Waals surface area contributed by atoms with Crippen molar-refractivity contribution in [3.05, 3.63) is 52.1 Å². The van der Waals surface area contributed by atoms with E-state index in [2.05, 4.69) is 10.4 Å². The van der Waals surface area contributed by atoms with Crippen molar-refractivity contribution < 1.29 is 9.31 Å². The number of nitro benzene ring substituents is 1. The van der Waals surface area contributed by atoms with Crippen LogP contribution in [0.5, 0.6) is 0 Å². The third kappa shape index (κ3) is 3.06. The second-order valence-electron chi connectivity index (χ2n) is 4.09. The van der Waals surface area contributed by atoms with Crippen molar-refractivity contribution in [3.63, 3.8) is 0 Å². The number of benzene rings is 1. The van der Waals surface area contributed by atoms with Crippen LogP contribution in [0.2, 0.25) is 0 Å². The topological polar surface area (TPSA) is 73.0 Å². The quantitative estimate of drug-likeness (QED) is 0.663. The summed E-state index contributed by atoms with van der Waals surface area (Å²) < 4.78 is 15.0. The number of aryl methyl sites for hydroxylation is 1. The molecule has 0 amide bonds. The van der Waals surface area contributed by atoms with Crippen molar-refractivity contribution in [2.75, 3.05) is 11.9 Å². The molecule has 0 aliphatic rings. The average Bonchev–Trinajstić information content (AvgIpc) is 2.74. The molecule has 0 saturated heterocycles. The Labute approximate surface area is 109 Å². The number of para-hydroxylation sites is 1. The van der Waals surface area contributed by atoms with Crippen LogP contribution < -0.4 is 5.32 Å². The minimum absolute atomic E-state index is 0.189. The minimum Gasteiger partial charge on any atom is -0.379 e. The van der Waals surface area contributed by atoms with E-state index < -0.39 is 16.4 Å². The van der Waals surface area contributed by atoms with E-state index in [0.29, 0.717) is 13.0 Å². The fourth-order valence-corrected chi connectivity index (χ4v) is 1.79. The van der Waals surface area contributed by atoms with E-state index in [9.17, 15) is 14.5 Å². The van der Waals surface area contributed by atoms with E-state index >= 15 is 0 Å². The largest absolute Gasteiger partial charge is 0.379 e. The first kappa shape index (κ1) is 13.0. The zero-order valence-corrected chi connectivity index (χ0v) is 10.3. The number of halogens is 1. The molecule has 0 fully saturated rings. The number of anilines is 1. The lowest BCUT2D eigenvalue weighted by molar-refractivity contribution is -0.386. The van der Waals surface area contributed by atoms with Gasteiger partial charge in [-0.15, -0.1) is 0 Å². The maximum absolute atomic E-state index is 13.4. The molecule has 0 unspecified atom stereocenters. The van der Waals surface area contributed by atoms with Crippen LogP contribution in [0.25, 0.3) is 0 Å². The molecule has 0 atom stereocenters. The standard InChI is InChI=1S/C12H13FN4O2/c1-16-8-9(7-15-16)5-6-14-11-4-2-3-10(13)12(11)17(18)19/h2-4,7-8,14H,5-6H2,1H3. The summed E-state index contributed by atoms with van der Waals surface area (Å²) in [4.78, 5) is 10.1. The van der Waals surface area contributed by atoms with E-state index in [1.807, 2.05) is 13.2 Å². The van der Waals surface area contributed by atoms with Crippen LogP contribution in [0.1, 0.15) is 5.56 Å². The monoisotopic (exact) mass is 264 g/mol. The molecule has 0 bridgehead atoms. The van der Waals surface area contributed by atoms with Crippen molar-refractivity contribution in [2.45, 2.75) is 6.42 Å². The van der Waals surface area contributed by atoms with Crippen LogP contribution in [0.15, 0.2) is 30.6 Å². The number of nitro groups is 1. The van der Waals surface area contributed by atoms with E-state index in [4.69, 9.17) is 0 Å². The van der Waals surface area contributed by atoms with Gasteiger partial charge in [-0.05, 0) is 24.1 Å². The third-order valence-electron chi connectivity index (χ3n) is 2.66. The van der Waals surface area contributed by atoms with Gasteiger partial charge in [0.1, 0.15) is 5.69 Å². The number of rotatable bonds is 5. The molecule has 7 heteroatoms. The summed E-state index contributed by atoms with van der Waals surface area (Å²) in [5, 5.41) is 17.7. The smallest absolute Gasteiger partial charge is 0.327 e. The summed E-state index contributed by atoms with van der Waals surface area (Å²) in [6.45, 7) is 0.468. The first-order valence-electron chi connectivity index (χ1n) is 5.72.